The van der Waals surface area contributed by atoms with Gasteiger partial charge in [-0.15, -0.1) is 0 Å². The molecule has 1 aliphatic rings. The summed E-state index contributed by atoms with van der Waals surface area (Å²) in [6.45, 7) is 1.84. The average molecular weight is 117 g/mol. The van der Waals surface area contributed by atoms with Gasteiger partial charge in [-0.3, -0.25) is 0 Å². The Morgan fingerprint density at radius 3 is 2.50 bits per heavy atom. The van der Waals surface area contributed by atoms with Crippen molar-refractivity contribution < 1.29 is 14.9 Å². The van der Waals surface area contributed by atoms with Crippen molar-refractivity contribution in [3.63, 3.8) is 0 Å². The molecule has 8 heavy (non-hydrogen) atoms. The highest BCUT2D eigenvalue weighted by Crippen LogP contribution is 2.15. The van der Waals surface area contributed by atoms with E-state index in [9.17, 15) is 5.11 Å². The molecule has 0 aromatic rings. The van der Waals surface area contributed by atoms with Crippen molar-refractivity contribution in [3.8, 4) is 0 Å². The van der Waals surface area contributed by atoms with Gasteiger partial charge in [0.1, 0.15) is 0 Å². The highest BCUT2D eigenvalue weighted by atomic mass is 16.6. The van der Waals surface area contributed by atoms with Crippen LogP contribution in [0.15, 0.2) is 0 Å². The number of hydrogen-bond donors (Lipinski definition) is 1. The van der Waals surface area contributed by atoms with Gasteiger partial charge in [0.05, 0.1) is 0 Å². The molecule has 1 fully saturated rings. The van der Waals surface area contributed by atoms with Gasteiger partial charge in [0.15, 0.2) is 6.29 Å². The summed E-state index contributed by atoms with van der Waals surface area (Å²) in [4.78, 5) is 0. The lowest BCUT2D eigenvalue weighted by Gasteiger charge is -2.18. The highest BCUT2D eigenvalue weighted by Gasteiger charge is 2.23. The fourth-order valence-corrected chi connectivity index (χ4v) is 0.681. The molecule has 3 atom stereocenters. The maximum atomic E-state index is 10.6. The average Bonchev–Trinajstić information content (AvgIpc) is 1.98. The molecule has 3 nitrogen and oxygen atoms in total. The lowest BCUT2D eigenvalue weighted by molar-refractivity contribution is -0.426. The minimum atomic E-state index is -0.822. The maximum absolute atomic E-state index is 10.6. The summed E-state index contributed by atoms with van der Waals surface area (Å²) in [7, 11) is 0. The van der Waals surface area contributed by atoms with Crippen LogP contribution in [-0.4, -0.2) is 24.1 Å². The summed E-state index contributed by atoms with van der Waals surface area (Å²) in [5.74, 6) is -0.241. The molecule has 0 aromatic heterocycles. The fourth-order valence-electron chi connectivity index (χ4n) is 0.681. The van der Waals surface area contributed by atoms with E-state index in [2.05, 4.69) is 4.74 Å². The van der Waals surface area contributed by atoms with Crippen LogP contribution in [0, 0.1) is 5.92 Å². The third kappa shape index (κ3) is 0.844. The van der Waals surface area contributed by atoms with Gasteiger partial charge < -0.3 is 14.9 Å². The first-order valence-electron chi connectivity index (χ1n) is 2.67. The molecule has 0 bridgehead atoms. The Morgan fingerprint density at radius 1 is 1.75 bits per heavy atom. The smallest absolute Gasteiger partial charge is 0.156 e. The highest BCUT2D eigenvalue weighted by molar-refractivity contribution is 4.71. The first-order chi connectivity index (χ1) is 3.72. The van der Waals surface area contributed by atoms with E-state index in [1.54, 1.807) is 6.92 Å². The second-order valence-electron chi connectivity index (χ2n) is 2.12. The zero-order valence-electron chi connectivity index (χ0n) is 4.70. The summed E-state index contributed by atoms with van der Waals surface area (Å²) in [6, 6.07) is 0. The summed E-state index contributed by atoms with van der Waals surface area (Å²) < 4.78 is 4.62. The van der Waals surface area contributed by atoms with E-state index in [0.717, 1.165) is 0 Å². The molecule has 0 amide bonds. The van der Waals surface area contributed by atoms with Crippen LogP contribution in [-0.2, 0) is 4.74 Å². The SMILES string of the molecule is C[C@@H]1[C@H]([O-])CO[C@@H]1O. The summed E-state index contributed by atoms with van der Waals surface area (Å²) in [5, 5.41) is 19.3. The van der Waals surface area contributed by atoms with Crippen molar-refractivity contribution in [1.82, 2.24) is 0 Å². The normalized spacial score (nSPS) is 47.6. The summed E-state index contributed by atoms with van der Waals surface area (Å²) in [6.07, 6.45) is -1.55. The van der Waals surface area contributed by atoms with Gasteiger partial charge in [0, 0.05) is 6.61 Å². The predicted molar refractivity (Wildman–Crippen MR) is 24.9 cm³/mol. The van der Waals surface area contributed by atoms with Gasteiger partial charge in [-0.05, 0) is 5.92 Å². The van der Waals surface area contributed by atoms with Gasteiger partial charge in [-0.2, -0.15) is 0 Å². The molecular weight excluding hydrogens is 108 g/mol. The number of hydrogen-bond acceptors (Lipinski definition) is 3. The number of rotatable bonds is 0. The molecule has 1 rings (SSSR count). The Bertz CT molecular complexity index is 73.7. The lowest BCUT2D eigenvalue weighted by atomic mass is 10.1. The molecule has 1 aliphatic heterocycles. The van der Waals surface area contributed by atoms with E-state index in [1.165, 1.54) is 0 Å². The molecule has 1 saturated heterocycles. The molecule has 1 N–H and O–H groups in total. The van der Waals surface area contributed by atoms with Crippen LogP contribution < -0.4 is 5.11 Å². The van der Waals surface area contributed by atoms with Gasteiger partial charge in [0.2, 0.25) is 0 Å². The second kappa shape index (κ2) is 2.01. The van der Waals surface area contributed by atoms with E-state index >= 15 is 0 Å². The Morgan fingerprint density at radius 2 is 2.38 bits per heavy atom. The van der Waals surface area contributed by atoms with E-state index in [4.69, 9.17) is 5.11 Å². The molecule has 0 spiro atoms. The topological polar surface area (TPSA) is 52.5 Å². The molecule has 0 radical (unpaired) electrons. The van der Waals surface area contributed by atoms with Crippen LogP contribution in [0.5, 0.6) is 0 Å². The number of aliphatic hydroxyl groups excluding tert-OH is 1. The van der Waals surface area contributed by atoms with Crippen LogP contribution >= 0.6 is 0 Å². The molecule has 1 heterocycles. The predicted octanol–water partition coefficient (Wildman–Crippen LogP) is -1.30. The van der Waals surface area contributed by atoms with Crippen molar-refractivity contribution in [2.24, 2.45) is 5.92 Å². The molecular formula is C5H9O3-. The summed E-state index contributed by atoms with van der Waals surface area (Å²) >= 11 is 0. The van der Waals surface area contributed by atoms with Gasteiger partial charge in [0.25, 0.3) is 0 Å². The van der Waals surface area contributed by atoms with Crippen molar-refractivity contribution in [2.45, 2.75) is 19.3 Å². The zero-order chi connectivity index (χ0) is 6.15. The molecule has 0 aliphatic carbocycles. The fraction of sp³-hybridized carbons (Fsp3) is 1.00. The minimum Gasteiger partial charge on any atom is -0.850 e. The Labute approximate surface area is 47.9 Å². The molecule has 0 aromatic carbocycles. The number of aliphatic hydroxyl groups is 1. The molecule has 0 saturated carbocycles. The monoisotopic (exact) mass is 117 g/mol. The maximum Gasteiger partial charge on any atom is 0.156 e. The van der Waals surface area contributed by atoms with Gasteiger partial charge in [-0.25, -0.2) is 0 Å². The first-order valence-corrected chi connectivity index (χ1v) is 2.67. The quantitative estimate of drug-likeness (QED) is 0.429. The molecule has 0 unspecified atom stereocenters. The van der Waals surface area contributed by atoms with Crippen molar-refractivity contribution in [2.75, 3.05) is 6.61 Å². The Kier molecular flexibility index (Phi) is 1.51. The second-order valence-corrected chi connectivity index (χ2v) is 2.12. The van der Waals surface area contributed by atoms with E-state index < -0.39 is 12.4 Å². The molecule has 48 valence electrons. The largest absolute Gasteiger partial charge is 0.850 e. The van der Waals surface area contributed by atoms with Crippen LogP contribution in [0.2, 0.25) is 0 Å². The Balaban J connectivity index is 2.44. The van der Waals surface area contributed by atoms with Gasteiger partial charge in [-0.1, -0.05) is 13.0 Å². The third-order valence-electron chi connectivity index (χ3n) is 1.47. The number of ether oxygens (including phenoxy) is 1. The Hall–Kier alpha value is -0.120. The third-order valence-corrected chi connectivity index (χ3v) is 1.47. The van der Waals surface area contributed by atoms with E-state index in [1.807, 2.05) is 0 Å². The standard InChI is InChI=1S/C5H9O3/c1-3-4(6)2-8-5(3)7/h3-5,7H,2H2,1H3/q-1/t3-,4-,5+/m1/s1. The minimum absolute atomic E-state index is 0.155. The van der Waals surface area contributed by atoms with Crippen molar-refractivity contribution in [3.05, 3.63) is 0 Å². The lowest BCUT2D eigenvalue weighted by Crippen LogP contribution is -2.32. The van der Waals surface area contributed by atoms with Crippen LogP contribution in [0.25, 0.3) is 0 Å². The van der Waals surface area contributed by atoms with Crippen molar-refractivity contribution in [1.29, 1.82) is 0 Å². The first kappa shape index (κ1) is 6.01. The van der Waals surface area contributed by atoms with Crippen LogP contribution in [0.1, 0.15) is 6.92 Å². The van der Waals surface area contributed by atoms with Gasteiger partial charge >= 0.3 is 0 Å². The van der Waals surface area contributed by atoms with E-state index in [-0.39, 0.29) is 12.5 Å². The van der Waals surface area contributed by atoms with Crippen LogP contribution in [0.3, 0.4) is 0 Å². The zero-order valence-corrected chi connectivity index (χ0v) is 4.70. The van der Waals surface area contributed by atoms with E-state index in [0.29, 0.717) is 0 Å². The summed E-state index contributed by atoms with van der Waals surface area (Å²) in [5.41, 5.74) is 0. The molecule has 3 heteroatoms. The van der Waals surface area contributed by atoms with Crippen LogP contribution in [0.4, 0.5) is 0 Å². The van der Waals surface area contributed by atoms with Crippen molar-refractivity contribution >= 4 is 0 Å².